The maximum absolute atomic E-state index is 5.48. The lowest BCUT2D eigenvalue weighted by Crippen LogP contribution is -2.32. The van der Waals surface area contributed by atoms with Gasteiger partial charge in [0.05, 0.1) is 12.7 Å². The summed E-state index contributed by atoms with van der Waals surface area (Å²) in [7, 11) is 2.14. The van der Waals surface area contributed by atoms with E-state index in [1.54, 1.807) is 0 Å². The Kier molecular flexibility index (Phi) is 9.35. The molecule has 3 heteroatoms. The smallest absolute Gasteiger partial charge is 0.0596 e. The van der Waals surface area contributed by atoms with E-state index in [0.29, 0.717) is 6.10 Å². The van der Waals surface area contributed by atoms with Gasteiger partial charge in [0.25, 0.3) is 0 Å². The number of nitrogens with zero attached hydrogens (tertiary/aromatic N) is 1. The van der Waals surface area contributed by atoms with Crippen molar-refractivity contribution in [1.29, 1.82) is 0 Å². The molecule has 0 aliphatic heterocycles. The van der Waals surface area contributed by atoms with Gasteiger partial charge in [0.2, 0.25) is 0 Å². The molecule has 0 amide bonds. The fourth-order valence-electron chi connectivity index (χ4n) is 1.13. The molecule has 0 radical (unpaired) electrons. The van der Waals surface area contributed by atoms with Gasteiger partial charge in [-0.05, 0) is 33.9 Å². The summed E-state index contributed by atoms with van der Waals surface area (Å²) in [5.74, 6) is 0. The summed E-state index contributed by atoms with van der Waals surface area (Å²) in [6, 6.07) is 0. The van der Waals surface area contributed by atoms with Crippen LogP contribution in [-0.4, -0.2) is 50.8 Å². The Morgan fingerprint density at radius 2 is 1.93 bits per heavy atom. The van der Waals surface area contributed by atoms with Gasteiger partial charge in [0, 0.05) is 19.6 Å². The van der Waals surface area contributed by atoms with Crippen molar-refractivity contribution in [3.63, 3.8) is 0 Å². The Bertz CT molecular complexity index is 118. The van der Waals surface area contributed by atoms with Crippen LogP contribution in [0, 0.1) is 0 Å². The fraction of sp³-hybridized carbons (Fsp3) is 1.00. The minimum absolute atomic E-state index is 0.349. The highest BCUT2D eigenvalue weighted by Crippen LogP contribution is 1.88. The third kappa shape index (κ3) is 9.96. The molecule has 86 valence electrons. The Balaban J connectivity index is 3.15. The third-order valence-corrected chi connectivity index (χ3v) is 2.02. The predicted molar refractivity (Wildman–Crippen MR) is 61.7 cm³/mol. The number of hydrogen-bond acceptors (Lipinski definition) is 3. The molecule has 0 fully saturated rings. The van der Waals surface area contributed by atoms with Crippen molar-refractivity contribution >= 4 is 0 Å². The van der Waals surface area contributed by atoms with E-state index < -0.39 is 0 Å². The summed E-state index contributed by atoms with van der Waals surface area (Å²) in [4.78, 5) is 2.30. The largest absolute Gasteiger partial charge is 0.377 e. The standard InChI is InChI=1S/C11H26N2O/c1-5-6-12-7-8-13(4)9-10-14-11(2)3/h11-12H,5-10H2,1-4H3. The molecule has 0 atom stereocenters. The molecule has 0 aliphatic carbocycles. The maximum Gasteiger partial charge on any atom is 0.0596 e. The molecule has 0 heterocycles. The molecule has 14 heavy (non-hydrogen) atoms. The van der Waals surface area contributed by atoms with E-state index in [2.05, 4.69) is 38.0 Å². The average molecular weight is 202 g/mol. The molecular formula is C11H26N2O. The summed E-state index contributed by atoms with van der Waals surface area (Å²) < 4.78 is 5.48. The van der Waals surface area contributed by atoms with Crippen molar-refractivity contribution in [3.8, 4) is 0 Å². The lowest BCUT2D eigenvalue weighted by Gasteiger charge is -2.17. The zero-order chi connectivity index (χ0) is 10.8. The molecule has 0 aromatic heterocycles. The van der Waals surface area contributed by atoms with Gasteiger partial charge in [-0.2, -0.15) is 0 Å². The van der Waals surface area contributed by atoms with Gasteiger partial charge < -0.3 is 15.0 Å². The van der Waals surface area contributed by atoms with Crippen LogP contribution in [0.15, 0.2) is 0 Å². The molecule has 0 spiro atoms. The highest BCUT2D eigenvalue weighted by atomic mass is 16.5. The van der Waals surface area contributed by atoms with Crippen LogP contribution in [0.25, 0.3) is 0 Å². The van der Waals surface area contributed by atoms with Crippen molar-refractivity contribution in [2.24, 2.45) is 0 Å². The normalized spacial score (nSPS) is 11.6. The molecule has 0 aromatic carbocycles. The van der Waals surface area contributed by atoms with E-state index in [4.69, 9.17) is 4.74 Å². The van der Waals surface area contributed by atoms with Crippen LogP contribution < -0.4 is 5.32 Å². The van der Waals surface area contributed by atoms with Gasteiger partial charge in [0.1, 0.15) is 0 Å². The lowest BCUT2D eigenvalue weighted by atomic mass is 10.4. The van der Waals surface area contributed by atoms with Gasteiger partial charge in [-0.25, -0.2) is 0 Å². The van der Waals surface area contributed by atoms with Crippen molar-refractivity contribution in [1.82, 2.24) is 10.2 Å². The number of nitrogens with one attached hydrogen (secondary N) is 1. The summed E-state index contributed by atoms with van der Waals surface area (Å²) in [6.07, 6.45) is 1.56. The first kappa shape index (κ1) is 13.9. The zero-order valence-electron chi connectivity index (χ0n) is 10.2. The first-order valence-corrected chi connectivity index (χ1v) is 5.67. The Labute approximate surface area is 88.8 Å². The van der Waals surface area contributed by atoms with Crippen molar-refractivity contribution < 1.29 is 4.74 Å². The highest BCUT2D eigenvalue weighted by Gasteiger charge is 1.98. The first-order valence-electron chi connectivity index (χ1n) is 5.67. The number of ether oxygens (including phenoxy) is 1. The van der Waals surface area contributed by atoms with E-state index in [-0.39, 0.29) is 0 Å². The molecular weight excluding hydrogens is 176 g/mol. The van der Waals surface area contributed by atoms with Gasteiger partial charge >= 0.3 is 0 Å². The zero-order valence-corrected chi connectivity index (χ0v) is 10.2. The maximum atomic E-state index is 5.48. The summed E-state index contributed by atoms with van der Waals surface area (Å²) in [6.45, 7) is 11.5. The second-order valence-electron chi connectivity index (χ2n) is 3.97. The Morgan fingerprint density at radius 1 is 1.21 bits per heavy atom. The molecule has 0 rings (SSSR count). The monoisotopic (exact) mass is 202 g/mol. The van der Waals surface area contributed by atoms with Crippen molar-refractivity contribution in [2.75, 3.05) is 39.8 Å². The summed E-state index contributed by atoms with van der Waals surface area (Å²) in [5, 5.41) is 3.38. The number of rotatable bonds is 9. The molecule has 0 aliphatic rings. The van der Waals surface area contributed by atoms with Gasteiger partial charge in [-0.1, -0.05) is 6.92 Å². The number of hydrogen-bond donors (Lipinski definition) is 1. The predicted octanol–water partition coefficient (Wildman–Crippen LogP) is 1.34. The molecule has 1 N–H and O–H groups in total. The third-order valence-electron chi connectivity index (χ3n) is 2.02. The molecule has 3 nitrogen and oxygen atoms in total. The topological polar surface area (TPSA) is 24.5 Å². The second kappa shape index (κ2) is 9.44. The fourth-order valence-corrected chi connectivity index (χ4v) is 1.13. The van der Waals surface area contributed by atoms with Crippen LogP contribution in [0.3, 0.4) is 0 Å². The van der Waals surface area contributed by atoms with E-state index in [1.807, 2.05) is 0 Å². The van der Waals surface area contributed by atoms with E-state index in [9.17, 15) is 0 Å². The molecule has 0 saturated heterocycles. The van der Waals surface area contributed by atoms with Gasteiger partial charge in [-0.15, -0.1) is 0 Å². The summed E-state index contributed by atoms with van der Waals surface area (Å²) >= 11 is 0. The second-order valence-corrected chi connectivity index (χ2v) is 3.97. The first-order chi connectivity index (χ1) is 6.66. The van der Waals surface area contributed by atoms with Crippen LogP contribution in [0.1, 0.15) is 27.2 Å². The average Bonchev–Trinajstić information content (AvgIpc) is 2.12. The van der Waals surface area contributed by atoms with Crippen LogP contribution in [0.4, 0.5) is 0 Å². The SMILES string of the molecule is CCCNCCN(C)CCOC(C)C. The van der Waals surface area contributed by atoms with E-state index in [1.165, 1.54) is 6.42 Å². The molecule has 0 bridgehead atoms. The van der Waals surface area contributed by atoms with Crippen molar-refractivity contribution in [2.45, 2.75) is 33.3 Å². The van der Waals surface area contributed by atoms with Gasteiger partial charge in [-0.3, -0.25) is 0 Å². The highest BCUT2D eigenvalue weighted by molar-refractivity contribution is 4.54. The quantitative estimate of drug-likeness (QED) is 0.571. The Hall–Kier alpha value is -0.120. The summed E-state index contributed by atoms with van der Waals surface area (Å²) in [5.41, 5.74) is 0. The number of likely N-dealkylation sites (N-methyl/N-ethyl adjacent to an activating group) is 1. The van der Waals surface area contributed by atoms with Crippen molar-refractivity contribution in [3.05, 3.63) is 0 Å². The molecule has 0 saturated carbocycles. The molecule has 0 aromatic rings. The van der Waals surface area contributed by atoms with Crippen LogP contribution in [0.2, 0.25) is 0 Å². The van der Waals surface area contributed by atoms with E-state index >= 15 is 0 Å². The minimum atomic E-state index is 0.349. The van der Waals surface area contributed by atoms with Crippen LogP contribution >= 0.6 is 0 Å². The lowest BCUT2D eigenvalue weighted by molar-refractivity contribution is 0.0640. The van der Waals surface area contributed by atoms with Crippen LogP contribution in [-0.2, 0) is 4.74 Å². The minimum Gasteiger partial charge on any atom is -0.377 e. The van der Waals surface area contributed by atoms with Gasteiger partial charge in [0.15, 0.2) is 0 Å². The Morgan fingerprint density at radius 3 is 2.50 bits per heavy atom. The van der Waals surface area contributed by atoms with E-state index in [0.717, 1.165) is 32.8 Å². The van der Waals surface area contributed by atoms with Crippen LogP contribution in [0.5, 0.6) is 0 Å². The molecule has 0 unspecified atom stereocenters.